The zero-order chi connectivity index (χ0) is 23.5. The molecule has 0 aliphatic carbocycles. The number of benzene rings is 2. The average Bonchev–Trinajstić information content (AvgIpc) is 3.54. The van der Waals surface area contributed by atoms with E-state index in [2.05, 4.69) is 15.2 Å². The van der Waals surface area contributed by atoms with E-state index in [0.717, 1.165) is 27.4 Å². The molecular formula is C25H21N7OS. The summed E-state index contributed by atoms with van der Waals surface area (Å²) in [5, 5.41) is 14.4. The first kappa shape index (κ1) is 21.5. The van der Waals surface area contributed by atoms with E-state index in [1.165, 1.54) is 6.20 Å². The molecule has 0 saturated heterocycles. The molecule has 3 aromatic heterocycles. The van der Waals surface area contributed by atoms with Crippen LogP contribution in [0, 0.1) is 0 Å². The Hall–Kier alpha value is -4.37. The molecule has 1 amide bonds. The first-order chi connectivity index (χ1) is 16.6. The number of carbonyl (C=O) groups excluding carboxylic acids is 1. The molecule has 0 fully saturated rings. The minimum atomic E-state index is -0.110. The minimum Gasteiger partial charge on any atom is -0.366 e. The number of carbonyl (C=O) groups is 1. The van der Waals surface area contributed by atoms with Crippen molar-refractivity contribution in [1.82, 2.24) is 29.9 Å². The molecule has 3 heterocycles. The summed E-state index contributed by atoms with van der Waals surface area (Å²) in [5.41, 5.74) is 10.3. The van der Waals surface area contributed by atoms with Crippen molar-refractivity contribution in [3.05, 3.63) is 95.6 Å². The number of para-hydroxylation sites is 1. The number of hydrogen-bond donors (Lipinski definition) is 1. The lowest BCUT2D eigenvalue weighted by atomic mass is 10.1. The van der Waals surface area contributed by atoms with Gasteiger partial charge in [0.15, 0.2) is 0 Å². The molecule has 0 aliphatic heterocycles. The van der Waals surface area contributed by atoms with Crippen molar-refractivity contribution in [3.8, 4) is 27.5 Å². The fourth-order valence-electron chi connectivity index (χ4n) is 3.67. The summed E-state index contributed by atoms with van der Waals surface area (Å²) in [5.74, 6) is -0.0238. The van der Waals surface area contributed by atoms with Crippen molar-refractivity contribution in [3.63, 3.8) is 0 Å². The van der Waals surface area contributed by atoms with E-state index < -0.39 is 0 Å². The molecule has 0 unspecified atom stereocenters. The molecule has 5 rings (SSSR count). The van der Waals surface area contributed by atoms with Gasteiger partial charge in [0.2, 0.25) is 5.95 Å². The average molecular weight is 468 g/mol. The maximum Gasteiger partial charge on any atom is 0.253 e. The highest BCUT2D eigenvalue weighted by molar-refractivity contribution is 7.13. The fourth-order valence-corrected chi connectivity index (χ4v) is 4.42. The second-order valence-electron chi connectivity index (χ2n) is 7.70. The zero-order valence-electron chi connectivity index (χ0n) is 18.4. The molecule has 5 aromatic rings. The van der Waals surface area contributed by atoms with Crippen LogP contribution in [0.5, 0.6) is 0 Å². The van der Waals surface area contributed by atoms with Crippen LogP contribution in [0.25, 0.3) is 27.5 Å². The highest BCUT2D eigenvalue weighted by Gasteiger charge is 2.19. The molecule has 2 N–H and O–H groups in total. The topological polar surface area (TPSA) is 103 Å². The van der Waals surface area contributed by atoms with Crippen molar-refractivity contribution in [2.24, 2.45) is 0 Å². The number of hydrogen-bond acceptors (Lipinski definition) is 7. The lowest BCUT2D eigenvalue weighted by molar-refractivity contribution is 0.0785. The van der Waals surface area contributed by atoms with Gasteiger partial charge in [-0.15, -0.1) is 16.4 Å². The van der Waals surface area contributed by atoms with Gasteiger partial charge in [0, 0.05) is 36.5 Å². The molecule has 0 spiro atoms. The van der Waals surface area contributed by atoms with E-state index in [4.69, 9.17) is 10.8 Å². The first-order valence-corrected chi connectivity index (χ1v) is 11.5. The van der Waals surface area contributed by atoms with Gasteiger partial charge in [0.1, 0.15) is 5.69 Å². The zero-order valence-corrected chi connectivity index (χ0v) is 19.2. The van der Waals surface area contributed by atoms with Gasteiger partial charge in [-0.2, -0.15) is 10.2 Å². The summed E-state index contributed by atoms with van der Waals surface area (Å²) in [7, 11) is 1.79. The largest absolute Gasteiger partial charge is 0.366 e. The number of nitrogens with zero attached hydrogens (tertiary/aromatic N) is 6. The summed E-state index contributed by atoms with van der Waals surface area (Å²) in [6.07, 6.45) is 3.51. The van der Waals surface area contributed by atoms with Crippen LogP contribution < -0.4 is 5.73 Å². The molecular weight excluding hydrogens is 446 g/mol. The molecule has 0 saturated carbocycles. The predicted octanol–water partition coefficient (Wildman–Crippen LogP) is 4.31. The van der Waals surface area contributed by atoms with E-state index in [-0.39, 0.29) is 11.9 Å². The third-order valence-electron chi connectivity index (χ3n) is 5.30. The smallest absolute Gasteiger partial charge is 0.253 e. The van der Waals surface area contributed by atoms with Crippen molar-refractivity contribution < 1.29 is 4.79 Å². The Bertz CT molecular complexity index is 1430. The summed E-state index contributed by atoms with van der Waals surface area (Å²) in [6.45, 7) is 0.408. The van der Waals surface area contributed by atoms with Crippen LogP contribution in [0.3, 0.4) is 0 Å². The third-order valence-corrected chi connectivity index (χ3v) is 6.18. The third kappa shape index (κ3) is 4.41. The number of thiophene rings is 1. The van der Waals surface area contributed by atoms with Crippen molar-refractivity contribution in [2.45, 2.75) is 6.54 Å². The van der Waals surface area contributed by atoms with Gasteiger partial charge in [0.05, 0.1) is 22.5 Å². The maximum absolute atomic E-state index is 13.3. The fraction of sp³-hybridized carbons (Fsp3) is 0.0800. The van der Waals surface area contributed by atoms with Gasteiger partial charge >= 0.3 is 0 Å². The molecule has 9 heteroatoms. The van der Waals surface area contributed by atoms with Gasteiger partial charge in [0.25, 0.3) is 5.91 Å². The van der Waals surface area contributed by atoms with Gasteiger partial charge in [-0.05, 0) is 35.7 Å². The molecule has 0 atom stereocenters. The maximum atomic E-state index is 13.3. The molecule has 0 bridgehead atoms. The number of rotatable bonds is 6. The van der Waals surface area contributed by atoms with Gasteiger partial charge in [-0.25, -0.2) is 9.67 Å². The normalized spacial score (nSPS) is 10.9. The second-order valence-corrected chi connectivity index (χ2v) is 8.65. The van der Waals surface area contributed by atoms with Gasteiger partial charge in [-0.3, -0.25) is 4.79 Å². The monoisotopic (exact) mass is 467 g/mol. The van der Waals surface area contributed by atoms with Crippen LogP contribution in [0.15, 0.2) is 84.5 Å². The summed E-state index contributed by atoms with van der Waals surface area (Å²) in [6, 6.07) is 21.2. The Morgan fingerprint density at radius 1 is 1.09 bits per heavy atom. The van der Waals surface area contributed by atoms with Gasteiger partial charge < -0.3 is 10.6 Å². The number of amides is 1. The Labute approximate surface area is 200 Å². The Balaban J connectivity index is 1.43. The lowest BCUT2D eigenvalue weighted by Gasteiger charge is -2.17. The van der Waals surface area contributed by atoms with Crippen molar-refractivity contribution >= 4 is 23.2 Å². The quantitative estimate of drug-likeness (QED) is 0.399. The number of anilines is 1. The highest BCUT2D eigenvalue weighted by Crippen LogP contribution is 2.29. The lowest BCUT2D eigenvalue weighted by Crippen LogP contribution is -2.26. The summed E-state index contributed by atoms with van der Waals surface area (Å²) in [4.78, 5) is 20.2. The van der Waals surface area contributed by atoms with Crippen LogP contribution in [-0.4, -0.2) is 42.8 Å². The van der Waals surface area contributed by atoms with Crippen molar-refractivity contribution in [2.75, 3.05) is 12.8 Å². The summed E-state index contributed by atoms with van der Waals surface area (Å²) < 4.78 is 1.86. The van der Waals surface area contributed by atoms with E-state index in [0.29, 0.717) is 17.8 Å². The standard InChI is InChI=1S/C25H21N7OS/c1-31(24(33)18-8-5-7-17(13-18)21-14-27-29-25(26)28-21)15-19-16-32(20-9-3-2-4-10-20)30-23(19)22-11-6-12-34-22/h2-14,16H,15H2,1H3,(H2,26,28,29). The highest BCUT2D eigenvalue weighted by atomic mass is 32.1. The minimum absolute atomic E-state index is 0.0860. The molecule has 8 nitrogen and oxygen atoms in total. The summed E-state index contributed by atoms with van der Waals surface area (Å²) >= 11 is 1.62. The van der Waals surface area contributed by atoms with E-state index >= 15 is 0 Å². The molecule has 168 valence electrons. The number of aromatic nitrogens is 5. The molecule has 34 heavy (non-hydrogen) atoms. The van der Waals surface area contributed by atoms with Crippen LogP contribution in [-0.2, 0) is 6.54 Å². The molecule has 2 aromatic carbocycles. The second kappa shape index (κ2) is 9.24. The Morgan fingerprint density at radius 3 is 2.71 bits per heavy atom. The number of nitrogens with two attached hydrogens (primary N) is 1. The van der Waals surface area contributed by atoms with Crippen LogP contribution in [0.1, 0.15) is 15.9 Å². The van der Waals surface area contributed by atoms with E-state index in [1.807, 2.05) is 70.9 Å². The predicted molar refractivity (Wildman–Crippen MR) is 132 cm³/mol. The Morgan fingerprint density at radius 2 is 1.94 bits per heavy atom. The number of nitrogen functional groups attached to an aromatic ring is 1. The molecule has 0 aliphatic rings. The van der Waals surface area contributed by atoms with E-state index in [1.54, 1.807) is 35.4 Å². The SMILES string of the molecule is CN(Cc1cn(-c2ccccc2)nc1-c1cccs1)C(=O)c1cccc(-c2cnnc(N)n2)c1. The van der Waals surface area contributed by atoms with Crippen LogP contribution in [0.2, 0.25) is 0 Å². The van der Waals surface area contributed by atoms with E-state index in [9.17, 15) is 4.79 Å². The van der Waals surface area contributed by atoms with Crippen LogP contribution in [0.4, 0.5) is 5.95 Å². The van der Waals surface area contributed by atoms with Crippen molar-refractivity contribution in [1.29, 1.82) is 0 Å². The molecule has 0 radical (unpaired) electrons. The van der Waals surface area contributed by atoms with Gasteiger partial charge in [-0.1, -0.05) is 36.4 Å². The Kier molecular flexibility index (Phi) is 5.84. The van der Waals surface area contributed by atoms with Crippen LogP contribution >= 0.6 is 11.3 Å². The first-order valence-electron chi connectivity index (χ1n) is 10.6.